The molecule has 1 amide bonds. The van der Waals surface area contributed by atoms with E-state index in [1.54, 1.807) is 25.3 Å². The van der Waals surface area contributed by atoms with Crippen LogP contribution in [0.2, 0.25) is 0 Å². The van der Waals surface area contributed by atoms with E-state index in [0.29, 0.717) is 49.6 Å². The SMILES string of the molecule is COc1cc(C(=O)N2CCC(C(=O)c3ccccc3)CC2)ccc1OCc1ccccc1. The molecule has 0 unspecified atom stereocenters. The molecule has 0 atom stereocenters. The van der Waals surface area contributed by atoms with Crippen LogP contribution in [0.25, 0.3) is 0 Å². The van der Waals surface area contributed by atoms with Gasteiger partial charge in [0.05, 0.1) is 7.11 Å². The Morgan fingerprint density at radius 1 is 0.844 bits per heavy atom. The van der Waals surface area contributed by atoms with Gasteiger partial charge in [-0.25, -0.2) is 0 Å². The van der Waals surface area contributed by atoms with Gasteiger partial charge in [-0.1, -0.05) is 60.7 Å². The molecule has 3 aromatic rings. The van der Waals surface area contributed by atoms with Crippen molar-refractivity contribution in [3.63, 3.8) is 0 Å². The number of amides is 1. The number of benzene rings is 3. The number of ketones is 1. The van der Waals surface area contributed by atoms with Crippen molar-refractivity contribution in [2.75, 3.05) is 20.2 Å². The van der Waals surface area contributed by atoms with Crippen molar-refractivity contribution in [1.82, 2.24) is 4.90 Å². The van der Waals surface area contributed by atoms with Crippen LogP contribution in [0.3, 0.4) is 0 Å². The van der Waals surface area contributed by atoms with E-state index in [9.17, 15) is 9.59 Å². The summed E-state index contributed by atoms with van der Waals surface area (Å²) in [5.41, 5.74) is 2.36. The standard InChI is InChI=1S/C27H27NO4/c1-31-25-18-23(12-13-24(25)32-19-20-8-4-2-5-9-20)27(30)28-16-14-22(15-17-28)26(29)21-10-6-3-7-11-21/h2-13,18,22H,14-17,19H2,1H3. The van der Waals surface area contributed by atoms with Crippen molar-refractivity contribution in [2.45, 2.75) is 19.4 Å². The summed E-state index contributed by atoms with van der Waals surface area (Å²) in [4.78, 5) is 27.6. The van der Waals surface area contributed by atoms with E-state index in [0.717, 1.165) is 11.1 Å². The van der Waals surface area contributed by atoms with E-state index in [1.807, 2.05) is 65.6 Å². The first-order chi connectivity index (χ1) is 15.7. The summed E-state index contributed by atoms with van der Waals surface area (Å²) < 4.78 is 11.4. The smallest absolute Gasteiger partial charge is 0.253 e. The fourth-order valence-electron chi connectivity index (χ4n) is 4.02. The van der Waals surface area contributed by atoms with E-state index in [2.05, 4.69) is 0 Å². The monoisotopic (exact) mass is 429 g/mol. The summed E-state index contributed by atoms with van der Waals surface area (Å²) in [6.07, 6.45) is 1.35. The predicted molar refractivity (Wildman–Crippen MR) is 123 cm³/mol. The molecule has 32 heavy (non-hydrogen) atoms. The van der Waals surface area contributed by atoms with Gasteiger partial charge in [0.25, 0.3) is 5.91 Å². The van der Waals surface area contributed by atoms with Crippen LogP contribution < -0.4 is 9.47 Å². The molecule has 5 nitrogen and oxygen atoms in total. The van der Waals surface area contributed by atoms with E-state index in [1.165, 1.54) is 0 Å². The highest BCUT2D eigenvalue weighted by Crippen LogP contribution is 2.30. The Labute approximate surface area is 188 Å². The largest absolute Gasteiger partial charge is 0.493 e. The van der Waals surface area contributed by atoms with Gasteiger partial charge in [0, 0.05) is 30.1 Å². The average molecular weight is 430 g/mol. The minimum absolute atomic E-state index is 0.0373. The molecule has 3 aromatic carbocycles. The first-order valence-electron chi connectivity index (χ1n) is 10.9. The van der Waals surface area contributed by atoms with Crippen LogP contribution in [0.15, 0.2) is 78.9 Å². The van der Waals surface area contributed by atoms with Gasteiger partial charge in [0.15, 0.2) is 17.3 Å². The summed E-state index contributed by atoms with van der Waals surface area (Å²) in [7, 11) is 1.57. The molecule has 0 aliphatic carbocycles. The quantitative estimate of drug-likeness (QED) is 0.496. The number of likely N-dealkylation sites (tertiary alicyclic amines) is 1. The number of carbonyl (C=O) groups excluding carboxylic acids is 2. The molecule has 0 aromatic heterocycles. The van der Waals surface area contributed by atoms with Crippen LogP contribution in [-0.2, 0) is 6.61 Å². The molecule has 0 spiro atoms. The van der Waals surface area contributed by atoms with Gasteiger partial charge in [0.2, 0.25) is 0 Å². The summed E-state index contributed by atoms with van der Waals surface area (Å²) in [6.45, 7) is 1.56. The second-order valence-electron chi connectivity index (χ2n) is 7.94. The van der Waals surface area contributed by atoms with Crippen molar-refractivity contribution >= 4 is 11.7 Å². The maximum Gasteiger partial charge on any atom is 0.253 e. The summed E-state index contributed by atoms with van der Waals surface area (Å²) in [5.74, 6) is 1.20. The fraction of sp³-hybridized carbons (Fsp3) is 0.259. The number of Topliss-reactive ketones (excluding diaryl/α,β-unsaturated/α-hetero) is 1. The summed E-state index contributed by atoms with van der Waals surface area (Å²) in [6, 6.07) is 24.5. The molecule has 1 aliphatic rings. The highest BCUT2D eigenvalue weighted by atomic mass is 16.5. The Morgan fingerprint density at radius 2 is 1.50 bits per heavy atom. The van der Waals surface area contributed by atoms with Gasteiger partial charge in [-0.3, -0.25) is 9.59 Å². The molecule has 1 fully saturated rings. The molecule has 0 saturated carbocycles. The molecular formula is C27H27NO4. The van der Waals surface area contributed by atoms with Crippen LogP contribution in [-0.4, -0.2) is 36.8 Å². The highest BCUT2D eigenvalue weighted by molar-refractivity contribution is 5.98. The summed E-state index contributed by atoms with van der Waals surface area (Å²) >= 11 is 0. The first kappa shape index (κ1) is 21.6. The van der Waals surface area contributed by atoms with Crippen LogP contribution in [0.4, 0.5) is 0 Å². The lowest BCUT2D eigenvalue weighted by Crippen LogP contribution is -2.40. The van der Waals surface area contributed by atoms with Crippen LogP contribution in [0.5, 0.6) is 11.5 Å². The predicted octanol–water partition coefficient (Wildman–Crippen LogP) is 5.01. The topological polar surface area (TPSA) is 55.8 Å². The molecule has 1 heterocycles. The third kappa shape index (κ3) is 4.99. The zero-order valence-corrected chi connectivity index (χ0v) is 18.2. The Morgan fingerprint density at radius 3 is 2.16 bits per heavy atom. The lowest BCUT2D eigenvalue weighted by Gasteiger charge is -2.31. The number of nitrogens with zero attached hydrogens (tertiary/aromatic N) is 1. The molecule has 4 rings (SSSR count). The minimum Gasteiger partial charge on any atom is -0.493 e. The van der Waals surface area contributed by atoms with E-state index in [-0.39, 0.29) is 17.6 Å². The number of hydrogen-bond acceptors (Lipinski definition) is 4. The molecule has 164 valence electrons. The Bertz CT molecular complexity index is 1060. The van der Waals surface area contributed by atoms with Crippen molar-refractivity contribution in [3.05, 3.63) is 95.6 Å². The first-order valence-corrected chi connectivity index (χ1v) is 10.9. The number of hydrogen-bond donors (Lipinski definition) is 0. The number of carbonyl (C=O) groups is 2. The minimum atomic E-state index is -0.0523. The van der Waals surface area contributed by atoms with Gasteiger partial charge in [-0.2, -0.15) is 0 Å². The number of methoxy groups -OCH3 is 1. The zero-order valence-electron chi connectivity index (χ0n) is 18.2. The fourth-order valence-corrected chi connectivity index (χ4v) is 4.02. The highest BCUT2D eigenvalue weighted by Gasteiger charge is 2.28. The molecule has 0 N–H and O–H groups in total. The van der Waals surface area contributed by atoms with Crippen molar-refractivity contribution in [3.8, 4) is 11.5 Å². The van der Waals surface area contributed by atoms with Gasteiger partial charge < -0.3 is 14.4 Å². The zero-order chi connectivity index (χ0) is 22.3. The molecule has 1 aliphatic heterocycles. The lowest BCUT2D eigenvalue weighted by atomic mass is 9.88. The van der Waals surface area contributed by atoms with E-state index in [4.69, 9.17) is 9.47 Å². The number of rotatable bonds is 7. The van der Waals surface area contributed by atoms with Crippen LogP contribution in [0, 0.1) is 5.92 Å². The Hall–Kier alpha value is -3.60. The maximum absolute atomic E-state index is 13.0. The average Bonchev–Trinajstić information content (AvgIpc) is 2.87. The second-order valence-corrected chi connectivity index (χ2v) is 7.94. The van der Waals surface area contributed by atoms with Gasteiger partial charge in [-0.05, 0) is 36.6 Å². The van der Waals surface area contributed by atoms with Gasteiger partial charge in [0.1, 0.15) is 6.61 Å². The molecular weight excluding hydrogens is 402 g/mol. The maximum atomic E-state index is 13.0. The second kappa shape index (κ2) is 10.1. The lowest BCUT2D eigenvalue weighted by molar-refractivity contribution is 0.0650. The third-order valence-electron chi connectivity index (χ3n) is 5.86. The third-order valence-corrected chi connectivity index (χ3v) is 5.86. The van der Waals surface area contributed by atoms with Crippen LogP contribution in [0.1, 0.15) is 39.1 Å². The van der Waals surface area contributed by atoms with Crippen molar-refractivity contribution < 1.29 is 19.1 Å². The van der Waals surface area contributed by atoms with Crippen molar-refractivity contribution in [2.24, 2.45) is 5.92 Å². The molecule has 0 radical (unpaired) electrons. The normalized spacial score (nSPS) is 14.1. The van der Waals surface area contributed by atoms with E-state index >= 15 is 0 Å². The molecule has 1 saturated heterocycles. The molecule has 0 bridgehead atoms. The Balaban J connectivity index is 1.37. The van der Waals surface area contributed by atoms with Crippen LogP contribution >= 0.6 is 0 Å². The Kier molecular flexibility index (Phi) is 6.85. The number of piperidine rings is 1. The summed E-state index contributed by atoms with van der Waals surface area (Å²) in [5, 5.41) is 0. The molecule has 5 heteroatoms. The van der Waals surface area contributed by atoms with Crippen molar-refractivity contribution in [1.29, 1.82) is 0 Å². The van der Waals surface area contributed by atoms with Gasteiger partial charge in [-0.15, -0.1) is 0 Å². The van der Waals surface area contributed by atoms with E-state index < -0.39 is 0 Å². The van der Waals surface area contributed by atoms with Gasteiger partial charge >= 0.3 is 0 Å². The number of ether oxygens (including phenoxy) is 2.